The Morgan fingerprint density at radius 3 is 2.67 bits per heavy atom. The summed E-state index contributed by atoms with van der Waals surface area (Å²) in [4.78, 5) is 16.3. The van der Waals surface area contributed by atoms with Crippen molar-refractivity contribution in [2.75, 3.05) is 13.7 Å². The largest absolute Gasteiger partial charge is 0.467 e. The standard InChI is InChI=1S/C18H16FNO4/c1-3-23-16(18(21)22-2)12-6-9-15-14(10-12)20-17(24-15)11-4-7-13(19)8-5-11/h4-10,16H,3H2,1-2H3. The maximum absolute atomic E-state index is 13.0. The SMILES string of the molecule is CCOC(C(=O)OC)c1ccc2oc(-c3ccc(F)cc3)nc2c1. The summed E-state index contributed by atoms with van der Waals surface area (Å²) in [6, 6.07) is 11.1. The van der Waals surface area contributed by atoms with Crippen LogP contribution in [0.3, 0.4) is 0 Å². The highest BCUT2D eigenvalue weighted by atomic mass is 19.1. The predicted octanol–water partition coefficient (Wildman–Crippen LogP) is 3.88. The van der Waals surface area contributed by atoms with Crippen LogP contribution in [0.25, 0.3) is 22.6 Å². The second kappa shape index (κ2) is 6.80. The fraction of sp³-hybridized carbons (Fsp3) is 0.222. The lowest BCUT2D eigenvalue weighted by Crippen LogP contribution is -2.17. The van der Waals surface area contributed by atoms with Gasteiger partial charge in [-0.15, -0.1) is 0 Å². The summed E-state index contributed by atoms with van der Waals surface area (Å²) in [6.07, 6.45) is -0.810. The van der Waals surface area contributed by atoms with Gasteiger partial charge in [-0.25, -0.2) is 14.2 Å². The lowest BCUT2D eigenvalue weighted by molar-refractivity contribution is -0.154. The average Bonchev–Trinajstić information content (AvgIpc) is 3.02. The summed E-state index contributed by atoms with van der Waals surface area (Å²) >= 11 is 0. The predicted molar refractivity (Wildman–Crippen MR) is 85.8 cm³/mol. The molecule has 24 heavy (non-hydrogen) atoms. The highest BCUT2D eigenvalue weighted by molar-refractivity contribution is 5.81. The lowest BCUT2D eigenvalue weighted by atomic mass is 10.1. The first-order chi connectivity index (χ1) is 11.6. The Balaban J connectivity index is 1.99. The number of ether oxygens (including phenoxy) is 2. The van der Waals surface area contributed by atoms with Gasteiger partial charge in [0, 0.05) is 12.2 Å². The summed E-state index contributed by atoms with van der Waals surface area (Å²) < 4.78 is 28.9. The molecule has 0 bridgehead atoms. The molecule has 0 fully saturated rings. The molecule has 0 aliphatic heterocycles. The van der Waals surface area contributed by atoms with E-state index in [1.54, 1.807) is 37.3 Å². The number of benzene rings is 2. The van der Waals surface area contributed by atoms with Crippen molar-refractivity contribution in [1.29, 1.82) is 0 Å². The highest BCUT2D eigenvalue weighted by Crippen LogP contribution is 2.28. The summed E-state index contributed by atoms with van der Waals surface area (Å²) in [5.74, 6) is -0.415. The van der Waals surface area contributed by atoms with Crippen molar-refractivity contribution >= 4 is 17.1 Å². The quantitative estimate of drug-likeness (QED) is 0.665. The molecule has 1 heterocycles. The van der Waals surface area contributed by atoms with Gasteiger partial charge in [-0.3, -0.25) is 0 Å². The minimum atomic E-state index is -0.810. The number of rotatable bonds is 5. The van der Waals surface area contributed by atoms with Crippen LogP contribution in [-0.2, 0) is 14.3 Å². The third kappa shape index (κ3) is 3.14. The second-order valence-corrected chi connectivity index (χ2v) is 5.11. The van der Waals surface area contributed by atoms with E-state index in [9.17, 15) is 9.18 Å². The van der Waals surface area contributed by atoms with Gasteiger partial charge in [0.15, 0.2) is 11.7 Å². The zero-order valence-corrected chi connectivity index (χ0v) is 13.3. The van der Waals surface area contributed by atoms with Crippen molar-refractivity contribution in [1.82, 2.24) is 4.98 Å². The molecule has 6 heteroatoms. The summed E-state index contributed by atoms with van der Waals surface area (Å²) in [6.45, 7) is 2.18. The van der Waals surface area contributed by atoms with Crippen LogP contribution < -0.4 is 0 Å². The number of nitrogens with zero attached hydrogens (tertiary/aromatic N) is 1. The van der Waals surface area contributed by atoms with Crippen molar-refractivity contribution in [3.8, 4) is 11.5 Å². The monoisotopic (exact) mass is 329 g/mol. The second-order valence-electron chi connectivity index (χ2n) is 5.11. The van der Waals surface area contributed by atoms with Gasteiger partial charge >= 0.3 is 5.97 Å². The number of aromatic nitrogens is 1. The molecule has 0 amide bonds. The van der Waals surface area contributed by atoms with Gasteiger partial charge in [0.1, 0.15) is 11.3 Å². The van der Waals surface area contributed by atoms with E-state index in [4.69, 9.17) is 13.9 Å². The molecule has 5 nitrogen and oxygen atoms in total. The summed E-state index contributed by atoms with van der Waals surface area (Å²) in [7, 11) is 1.32. The van der Waals surface area contributed by atoms with Crippen LogP contribution in [0, 0.1) is 5.82 Å². The van der Waals surface area contributed by atoms with Crippen LogP contribution in [0.4, 0.5) is 4.39 Å². The van der Waals surface area contributed by atoms with Crippen molar-refractivity contribution < 1.29 is 23.1 Å². The number of oxazole rings is 1. The number of halogens is 1. The average molecular weight is 329 g/mol. The van der Waals surface area contributed by atoms with E-state index in [0.29, 0.717) is 34.7 Å². The fourth-order valence-electron chi connectivity index (χ4n) is 2.40. The highest BCUT2D eigenvalue weighted by Gasteiger charge is 2.22. The number of fused-ring (bicyclic) bond motifs is 1. The van der Waals surface area contributed by atoms with Crippen molar-refractivity contribution in [2.24, 2.45) is 0 Å². The Kier molecular flexibility index (Phi) is 4.57. The smallest absolute Gasteiger partial charge is 0.339 e. The van der Waals surface area contributed by atoms with Crippen molar-refractivity contribution in [2.45, 2.75) is 13.0 Å². The first-order valence-electron chi connectivity index (χ1n) is 7.48. The van der Waals surface area contributed by atoms with E-state index in [-0.39, 0.29) is 5.82 Å². The minimum absolute atomic E-state index is 0.324. The van der Waals surface area contributed by atoms with Gasteiger partial charge in [0.05, 0.1) is 7.11 Å². The number of carbonyl (C=O) groups excluding carboxylic acids is 1. The molecule has 0 N–H and O–H groups in total. The van der Waals surface area contributed by atoms with Gasteiger partial charge in [-0.1, -0.05) is 6.07 Å². The molecular weight excluding hydrogens is 313 g/mol. The Hall–Kier alpha value is -2.73. The number of hydrogen-bond acceptors (Lipinski definition) is 5. The molecule has 0 saturated carbocycles. The van der Waals surface area contributed by atoms with Crippen LogP contribution >= 0.6 is 0 Å². The van der Waals surface area contributed by atoms with Gasteiger partial charge in [0.2, 0.25) is 5.89 Å². The lowest BCUT2D eigenvalue weighted by Gasteiger charge is -2.14. The zero-order valence-electron chi connectivity index (χ0n) is 13.3. The maximum atomic E-state index is 13.0. The Bertz CT molecular complexity index is 857. The van der Waals surface area contributed by atoms with Crippen LogP contribution in [0.15, 0.2) is 46.9 Å². The van der Waals surface area contributed by atoms with Crippen LogP contribution in [0.1, 0.15) is 18.6 Å². The third-order valence-electron chi connectivity index (χ3n) is 3.55. The number of methoxy groups -OCH3 is 1. The van der Waals surface area contributed by atoms with E-state index in [1.807, 2.05) is 0 Å². The number of esters is 1. The van der Waals surface area contributed by atoms with E-state index in [0.717, 1.165) is 0 Å². The van der Waals surface area contributed by atoms with Crippen LogP contribution in [0.5, 0.6) is 0 Å². The van der Waals surface area contributed by atoms with Crippen molar-refractivity contribution in [3.05, 3.63) is 53.8 Å². The first-order valence-corrected chi connectivity index (χ1v) is 7.48. The molecule has 124 valence electrons. The summed E-state index contributed by atoms with van der Waals surface area (Å²) in [5.41, 5.74) is 2.46. The molecule has 0 aliphatic carbocycles. The molecule has 1 unspecified atom stereocenters. The third-order valence-corrected chi connectivity index (χ3v) is 3.55. The normalized spacial score (nSPS) is 12.3. The van der Waals surface area contributed by atoms with Gasteiger partial charge in [-0.05, 0) is 48.9 Å². The van der Waals surface area contributed by atoms with Crippen LogP contribution in [-0.4, -0.2) is 24.7 Å². The van der Waals surface area contributed by atoms with Gasteiger partial charge < -0.3 is 13.9 Å². The fourth-order valence-corrected chi connectivity index (χ4v) is 2.40. The van der Waals surface area contributed by atoms with Crippen LogP contribution in [0.2, 0.25) is 0 Å². The zero-order chi connectivity index (χ0) is 17.1. The Morgan fingerprint density at radius 1 is 1.25 bits per heavy atom. The molecule has 3 aromatic rings. The number of carbonyl (C=O) groups is 1. The molecular formula is C18H16FNO4. The van der Waals surface area contributed by atoms with E-state index >= 15 is 0 Å². The molecule has 3 rings (SSSR count). The summed E-state index contributed by atoms with van der Waals surface area (Å²) in [5, 5.41) is 0. The van der Waals surface area contributed by atoms with Gasteiger partial charge in [0.25, 0.3) is 0 Å². The molecule has 1 aromatic heterocycles. The molecule has 0 aliphatic rings. The minimum Gasteiger partial charge on any atom is -0.467 e. The first kappa shape index (κ1) is 16.1. The molecule has 0 spiro atoms. The molecule has 2 aromatic carbocycles. The Labute approximate surface area is 138 Å². The van der Waals surface area contributed by atoms with Gasteiger partial charge in [-0.2, -0.15) is 0 Å². The van der Waals surface area contributed by atoms with E-state index < -0.39 is 12.1 Å². The molecule has 1 atom stereocenters. The molecule has 0 radical (unpaired) electrons. The van der Waals surface area contributed by atoms with E-state index in [1.165, 1.54) is 19.2 Å². The van der Waals surface area contributed by atoms with E-state index in [2.05, 4.69) is 4.98 Å². The maximum Gasteiger partial charge on any atom is 0.339 e. The Morgan fingerprint density at radius 2 is 2.00 bits per heavy atom. The topological polar surface area (TPSA) is 61.6 Å². The molecule has 0 saturated heterocycles. The van der Waals surface area contributed by atoms with Crippen molar-refractivity contribution in [3.63, 3.8) is 0 Å². The number of hydrogen-bond donors (Lipinski definition) is 0.